The molecule has 1 heterocycles. The van der Waals surface area contributed by atoms with Crippen LogP contribution in [-0.4, -0.2) is 29.3 Å². The van der Waals surface area contributed by atoms with Crippen LogP contribution in [0.5, 0.6) is 0 Å². The molecule has 0 bridgehead atoms. The van der Waals surface area contributed by atoms with Crippen LogP contribution in [0.1, 0.15) is 70.7 Å². The van der Waals surface area contributed by atoms with Gasteiger partial charge < -0.3 is 14.6 Å². The van der Waals surface area contributed by atoms with Gasteiger partial charge in [-0.2, -0.15) is 4.98 Å². The molecular formula is C16H29N3O2. The van der Waals surface area contributed by atoms with Crippen molar-refractivity contribution in [3.05, 3.63) is 11.7 Å². The fraction of sp³-hybridized carbons (Fsp3) is 0.875. The molecule has 0 aliphatic heterocycles. The standard InChI is InChI=1S/C16H29N3O2/c1-4-17-12(3)11-14-18-16(19-21-14)15(20-5-2)13-9-7-6-8-10-13/h12-13,15,17H,4-11H2,1-3H3. The van der Waals surface area contributed by atoms with Crippen LogP contribution in [0.3, 0.4) is 0 Å². The smallest absolute Gasteiger partial charge is 0.228 e. The van der Waals surface area contributed by atoms with Gasteiger partial charge in [-0.1, -0.05) is 31.3 Å². The van der Waals surface area contributed by atoms with Crippen LogP contribution in [0.4, 0.5) is 0 Å². The summed E-state index contributed by atoms with van der Waals surface area (Å²) in [5, 5.41) is 7.55. The molecule has 2 unspecified atom stereocenters. The zero-order valence-corrected chi connectivity index (χ0v) is 13.6. The van der Waals surface area contributed by atoms with Gasteiger partial charge in [-0.15, -0.1) is 0 Å². The summed E-state index contributed by atoms with van der Waals surface area (Å²) in [4.78, 5) is 4.58. The van der Waals surface area contributed by atoms with E-state index in [0.717, 1.165) is 18.8 Å². The second kappa shape index (κ2) is 8.49. The topological polar surface area (TPSA) is 60.2 Å². The van der Waals surface area contributed by atoms with Crippen molar-refractivity contribution in [2.75, 3.05) is 13.2 Å². The highest BCUT2D eigenvalue weighted by Crippen LogP contribution is 2.35. The highest BCUT2D eigenvalue weighted by molar-refractivity contribution is 4.96. The van der Waals surface area contributed by atoms with Gasteiger partial charge in [0.05, 0.1) is 0 Å². The molecule has 2 atom stereocenters. The normalized spacial score (nSPS) is 19.6. The third kappa shape index (κ3) is 4.78. The zero-order chi connectivity index (χ0) is 15.1. The van der Waals surface area contributed by atoms with Crippen LogP contribution in [0.2, 0.25) is 0 Å². The minimum atomic E-state index is 0.00207. The first kappa shape index (κ1) is 16.4. The van der Waals surface area contributed by atoms with Crippen molar-refractivity contribution in [2.24, 2.45) is 5.92 Å². The molecule has 1 aliphatic rings. The van der Waals surface area contributed by atoms with Gasteiger partial charge in [0.1, 0.15) is 6.10 Å². The van der Waals surface area contributed by atoms with E-state index in [1.165, 1.54) is 32.1 Å². The summed E-state index contributed by atoms with van der Waals surface area (Å²) in [6.45, 7) is 7.91. The summed E-state index contributed by atoms with van der Waals surface area (Å²) >= 11 is 0. The van der Waals surface area contributed by atoms with Crippen molar-refractivity contribution in [3.8, 4) is 0 Å². The second-order valence-corrected chi connectivity index (χ2v) is 5.98. The Labute approximate surface area is 127 Å². The first-order valence-corrected chi connectivity index (χ1v) is 8.42. The van der Waals surface area contributed by atoms with Gasteiger partial charge in [0, 0.05) is 19.1 Å². The minimum Gasteiger partial charge on any atom is -0.370 e. The van der Waals surface area contributed by atoms with E-state index < -0.39 is 0 Å². The Morgan fingerprint density at radius 2 is 2.05 bits per heavy atom. The number of nitrogens with zero attached hydrogens (tertiary/aromatic N) is 2. The number of rotatable bonds is 8. The van der Waals surface area contributed by atoms with Gasteiger partial charge in [0.25, 0.3) is 0 Å². The SMILES string of the molecule is CCNC(C)Cc1nc(C(OCC)C2CCCCC2)no1. The van der Waals surface area contributed by atoms with Crippen LogP contribution in [0, 0.1) is 5.92 Å². The fourth-order valence-electron chi connectivity index (χ4n) is 3.19. The average molecular weight is 295 g/mol. The molecule has 120 valence electrons. The molecule has 1 saturated carbocycles. The van der Waals surface area contributed by atoms with E-state index in [1.54, 1.807) is 0 Å². The van der Waals surface area contributed by atoms with Gasteiger partial charge in [0.15, 0.2) is 0 Å². The van der Waals surface area contributed by atoms with Crippen molar-refractivity contribution in [1.82, 2.24) is 15.5 Å². The maximum atomic E-state index is 5.93. The first-order chi connectivity index (χ1) is 10.2. The lowest BCUT2D eigenvalue weighted by Gasteiger charge is -2.27. The number of ether oxygens (including phenoxy) is 1. The van der Waals surface area contributed by atoms with Gasteiger partial charge in [-0.05, 0) is 39.2 Å². The monoisotopic (exact) mass is 295 g/mol. The summed E-state index contributed by atoms with van der Waals surface area (Å²) < 4.78 is 11.4. The Kier molecular flexibility index (Phi) is 6.64. The van der Waals surface area contributed by atoms with Gasteiger partial charge in [-0.3, -0.25) is 0 Å². The zero-order valence-electron chi connectivity index (χ0n) is 13.6. The predicted molar refractivity (Wildman–Crippen MR) is 82.1 cm³/mol. The molecule has 5 heteroatoms. The van der Waals surface area contributed by atoms with Gasteiger partial charge in [0.2, 0.25) is 11.7 Å². The van der Waals surface area contributed by atoms with E-state index in [9.17, 15) is 0 Å². The number of likely N-dealkylation sites (N-methyl/N-ethyl adjacent to an activating group) is 1. The maximum absolute atomic E-state index is 5.93. The van der Waals surface area contributed by atoms with Crippen molar-refractivity contribution < 1.29 is 9.26 Å². The van der Waals surface area contributed by atoms with Gasteiger partial charge >= 0.3 is 0 Å². The molecule has 0 radical (unpaired) electrons. The lowest BCUT2D eigenvalue weighted by atomic mass is 9.85. The number of hydrogen-bond acceptors (Lipinski definition) is 5. The van der Waals surface area contributed by atoms with Gasteiger partial charge in [-0.25, -0.2) is 0 Å². The quantitative estimate of drug-likeness (QED) is 0.797. The van der Waals surface area contributed by atoms with Crippen molar-refractivity contribution >= 4 is 0 Å². The molecular weight excluding hydrogens is 266 g/mol. The fourth-order valence-corrected chi connectivity index (χ4v) is 3.19. The summed E-state index contributed by atoms with van der Waals surface area (Å²) in [5.41, 5.74) is 0. The van der Waals surface area contributed by atoms with Crippen LogP contribution in [0.15, 0.2) is 4.52 Å². The Balaban J connectivity index is 2.01. The first-order valence-electron chi connectivity index (χ1n) is 8.42. The van der Waals surface area contributed by atoms with Crippen LogP contribution < -0.4 is 5.32 Å². The molecule has 1 fully saturated rings. The van der Waals surface area contributed by atoms with Crippen molar-refractivity contribution in [3.63, 3.8) is 0 Å². The average Bonchev–Trinajstić information content (AvgIpc) is 2.94. The largest absolute Gasteiger partial charge is 0.370 e. The van der Waals surface area contributed by atoms with E-state index in [0.29, 0.717) is 24.5 Å². The lowest BCUT2D eigenvalue weighted by molar-refractivity contribution is -0.00145. The highest BCUT2D eigenvalue weighted by atomic mass is 16.5. The summed E-state index contributed by atoms with van der Waals surface area (Å²) in [5.74, 6) is 1.98. The molecule has 1 aromatic heterocycles. The third-order valence-corrected chi connectivity index (χ3v) is 4.20. The van der Waals surface area contributed by atoms with Crippen LogP contribution >= 0.6 is 0 Å². The molecule has 21 heavy (non-hydrogen) atoms. The van der Waals surface area contributed by atoms with Crippen LogP contribution in [0.25, 0.3) is 0 Å². The number of aromatic nitrogens is 2. The Hall–Kier alpha value is -0.940. The predicted octanol–water partition coefficient (Wildman–Crippen LogP) is 3.27. The lowest BCUT2D eigenvalue weighted by Crippen LogP contribution is -2.27. The number of hydrogen-bond donors (Lipinski definition) is 1. The van der Waals surface area contributed by atoms with E-state index in [-0.39, 0.29) is 6.10 Å². The summed E-state index contributed by atoms with van der Waals surface area (Å²) in [6.07, 6.45) is 7.11. The van der Waals surface area contributed by atoms with E-state index in [2.05, 4.69) is 29.3 Å². The Bertz CT molecular complexity index is 402. The minimum absolute atomic E-state index is 0.00207. The molecule has 1 aromatic rings. The summed E-state index contributed by atoms with van der Waals surface area (Å²) in [6, 6.07) is 0.350. The highest BCUT2D eigenvalue weighted by Gasteiger charge is 2.29. The van der Waals surface area contributed by atoms with E-state index in [1.807, 2.05) is 6.92 Å². The Morgan fingerprint density at radius 3 is 2.71 bits per heavy atom. The van der Waals surface area contributed by atoms with E-state index in [4.69, 9.17) is 9.26 Å². The Morgan fingerprint density at radius 1 is 1.29 bits per heavy atom. The molecule has 1 aliphatic carbocycles. The third-order valence-electron chi connectivity index (χ3n) is 4.20. The molecule has 2 rings (SSSR count). The summed E-state index contributed by atoms with van der Waals surface area (Å²) in [7, 11) is 0. The number of nitrogens with one attached hydrogen (secondary N) is 1. The van der Waals surface area contributed by atoms with Crippen molar-refractivity contribution in [1.29, 1.82) is 0 Å². The molecule has 0 saturated heterocycles. The molecule has 5 nitrogen and oxygen atoms in total. The van der Waals surface area contributed by atoms with E-state index >= 15 is 0 Å². The molecule has 0 amide bonds. The second-order valence-electron chi connectivity index (χ2n) is 5.98. The maximum Gasteiger partial charge on any atom is 0.228 e. The molecule has 1 N–H and O–H groups in total. The van der Waals surface area contributed by atoms with Crippen LogP contribution in [-0.2, 0) is 11.2 Å². The molecule has 0 spiro atoms. The molecule has 0 aromatic carbocycles. The van der Waals surface area contributed by atoms with Crippen molar-refractivity contribution in [2.45, 2.75) is 71.4 Å².